The van der Waals surface area contributed by atoms with Crippen molar-refractivity contribution in [1.29, 1.82) is 0 Å². The summed E-state index contributed by atoms with van der Waals surface area (Å²) in [4.78, 5) is 8.40. The highest BCUT2D eigenvalue weighted by Gasteiger charge is 2.14. The quantitative estimate of drug-likeness (QED) is 0.776. The maximum absolute atomic E-state index is 5.36. The van der Waals surface area contributed by atoms with Crippen LogP contribution < -0.4 is 10.6 Å². The van der Waals surface area contributed by atoms with Gasteiger partial charge < -0.3 is 15.4 Å². The molecule has 1 aromatic rings. The second-order valence-electron chi connectivity index (χ2n) is 4.66. The summed E-state index contributed by atoms with van der Waals surface area (Å²) in [6.45, 7) is 5.85. The first kappa shape index (κ1) is 13.1. The van der Waals surface area contributed by atoms with E-state index in [4.69, 9.17) is 4.74 Å². The molecule has 0 aromatic carbocycles. The zero-order chi connectivity index (χ0) is 12.6. The summed E-state index contributed by atoms with van der Waals surface area (Å²) in [5.74, 6) is 2.48. The summed E-state index contributed by atoms with van der Waals surface area (Å²) in [6, 6.07) is 1.96. The van der Waals surface area contributed by atoms with E-state index in [1.165, 1.54) is 6.42 Å². The van der Waals surface area contributed by atoms with Gasteiger partial charge in [-0.05, 0) is 25.2 Å². The van der Waals surface area contributed by atoms with Crippen LogP contribution in [0.1, 0.15) is 26.2 Å². The average molecular weight is 250 g/mol. The van der Waals surface area contributed by atoms with E-state index in [9.17, 15) is 0 Å². The van der Waals surface area contributed by atoms with Crippen molar-refractivity contribution in [3.05, 3.63) is 12.4 Å². The Balaban J connectivity index is 1.74. The van der Waals surface area contributed by atoms with Crippen LogP contribution in [-0.4, -0.2) is 36.3 Å². The molecule has 1 atom stereocenters. The molecular formula is C13H22N4O. The third kappa shape index (κ3) is 4.14. The molecule has 0 spiro atoms. The Bertz CT molecular complexity index is 353. The highest BCUT2D eigenvalue weighted by Crippen LogP contribution is 2.16. The molecule has 1 fully saturated rings. The molecule has 1 saturated heterocycles. The van der Waals surface area contributed by atoms with Crippen molar-refractivity contribution in [3.63, 3.8) is 0 Å². The smallest absolute Gasteiger partial charge is 0.131 e. The highest BCUT2D eigenvalue weighted by atomic mass is 16.5. The van der Waals surface area contributed by atoms with Crippen molar-refractivity contribution < 1.29 is 4.74 Å². The predicted molar refractivity (Wildman–Crippen MR) is 72.8 cm³/mol. The Morgan fingerprint density at radius 3 is 2.72 bits per heavy atom. The molecule has 2 rings (SSSR count). The zero-order valence-corrected chi connectivity index (χ0v) is 11.0. The van der Waals surface area contributed by atoms with E-state index >= 15 is 0 Å². The molecule has 1 aromatic heterocycles. The van der Waals surface area contributed by atoms with E-state index in [1.54, 1.807) is 6.33 Å². The Labute approximate surface area is 108 Å². The number of anilines is 2. The maximum Gasteiger partial charge on any atom is 0.131 e. The molecule has 1 aliphatic heterocycles. The monoisotopic (exact) mass is 250 g/mol. The van der Waals surface area contributed by atoms with Crippen molar-refractivity contribution in [3.8, 4) is 0 Å². The maximum atomic E-state index is 5.36. The highest BCUT2D eigenvalue weighted by molar-refractivity contribution is 5.46. The van der Waals surface area contributed by atoms with Crippen LogP contribution in [0, 0.1) is 5.92 Å². The van der Waals surface area contributed by atoms with Gasteiger partial charge in [0.25, 0.3) is 0 Å². The molecule has 100 valence electrons. The van der Waals surface area contributed by atoms with Crippen molar-refractivity contribution in [2.45, 2.75) is 26.2 Å². The van der Waals surface area contributed by atoms with Crippen LogP contribution in [0.15, 0.2) is 12.4 Å². The summed E-state index contributed by atoms with van der Waals surface area (Å²) in [5, 5.41) is 6.60. The average Bonchev–Trinajstić information content (AvgIpc) is 2.90. The first-order chi connectivity index (χ1) is 8.88. The van der Waals surface area contributed by atoms with Crippen LogP contribution in [0.3, 0.4) is 0 Å². The fraction of sp³-hybridized carbons (Fsp3) is 0.692. The van der Waals surface area contributed by atoms with Gasteiger partial charge >= 0.3 is 0 Å². The van der Waals surface area contributed by atoms with Crippen molar-refractivity contribution in [2.24, 2.45) is 5.92 Å². The van der Waals surface area contributed by atoms with Crippen molar-refractivity contribution >= 4 is 11.6 Å². The van der Waals surface area contributed by atoms with Gasteiger partial charge in [-0.2, -0.15) is 0 Å². The number of hydrogen-bond acceptors (Lipinski definition) is 5. The minimum absolute atomic E-state index is 0.706. The van der Waals surface area contributed by atoms with Gasteiger partial charge in [-0.1, -0.05) is 6.92 Å². The number of hydrogen-bond donors (Lipinski definition) is 2. The summed E-state index contributed by atoms with van der Waals surface area (Å²) in [7, 11) is 0. The van der Waals surface area contributed by atoms with E-state index in [1.807, 2.05) is 6.07 Å². The van der Waals surface area contributed by atoms with Crippen LogP contribution in [0.4, 0.5) is 11.6 Å². The molecule has 5 heteroatoms. The number of aromatic nitrogens is 2. The number of ether oxygens (including phenoxy) is 1. The van der Waals surface area contributed by atoms with Gasteiger partial charge in [0, 0.05) is 32.4 Å². The molecule has 2 heterocycles. The molecule has 18 heavy (non-hydrogen) atoms. The lowest BCUT2D eigenvalue weighted by Crippen LogP contribution is -2.10. The van der Waals surface area contributed by atoms with Crippen molar-refractivity contribution in [2.75, 3.05) is 36.9 Å². The topological polar surface area (TPSA) is 59.1 Å². The third-order valence-electron chi connectivity index (χ3n) is 3.11. The first-order valence-electron chi connectivity index (χ1n) is 6.76. The van der Waals surface area contributed by atoms with Crippen molar-refractivity contribution in [1.82, 2.24) is 9.97 Å². The number of nitrogens with one attached hydrogen (secondary N) is 2. The van der Waals surface area contributed by atoms with Crippen LogP contribution >= 0.6 is 0 Å². The second-order valence-corrected chi connectivity index (χ2v) is 4.66. The Hall–Kier alpha value is -1.36. The molecule has 0 aliphatic carbocycles. The third-order valence-corrected chi connectivity index (χ3v) is 3.11. The van der Waals surface area contributed by atoms with E-state index in [0.717, 1.165) is 50.8 Å². The largest absolute Gasteiger partial charge is 0.381 e. The van der Waals surface area contributed by atoms with Crippen LogP contribution in [0.2, 0.25) is 0 Å². The SMILES string of the molecule is CCCNc1cc(NCCC2CCOC2)ncn1. The summed E-state index contributed by atoms with van der Waals surface area (Å²) in [5.41, 5.74) is 0. The molecule has 2 N–H and O–H groups in total. The lowest BCUT2D eigenvalue weighted by atomic mass is 10.1. The van der Waals surface area contributed by atoms with Gasteiger partial charge in [-0.25, -0.2) is 9.97 Å². The molecule has 0 saturated carbocycles. The van der Waals surface area contributed by atoms with Crippen LogP contribution in [0.25, 0.3) is 0 Å². The second kappa shape index (κ2) is 7.16. The summed E-state index contributed by atoms with van der Waals surface area (Å²) < 4.78 is 5.36. The molecule has 5 nitrogen and oxygen atoms in total. The van der Waals surface area contributed by atoms with E-state index < -0.39 is 0 Å². The lowest BCUT2D eigenvalue weighted by molar-refractivity contribution is 0.185. The fourth-order valence-electron chi connectivity index (χ4n) is 2.02. The van der Waals surface area contributed by atoms with Gasteiger partial charge in [-0.3, -0.25) is 0 Å². The predicted octanol–water partition coefficient (Wildman–Crippen LogP) is 2.14. The lowest BCUT2D eigenvalue weighted by Gasteiger charge is -2.10. The fourth-order valence-corrected chi connectivity index (χ4v) is 2.02. The normalized spacial score (nSPS) is 18.8. The van der Waals surface area contributed by atoms with Crippen LogP contribution in [0.5, 0.6) is 0 Å². The number of rotatable bonds is 7. The van der Waals surface area contributed by atoms with E-state index in [-0.39, 0.29) is 0 Å². The van der Waals surface area contributed by atoms with Gasteiger partial charge in [0.05, 0.1) is 0 Å². The summed E-state index contributed by atoms with van der Waals surface area (Å²) in [6.07, 6.45) is 5.02. The molecule has 1 unspecified atom stereocenters. The van der Waals surface area contributed by atoms with E-state index in [2.05, 4.69) is 27.5 Å². The molecular weight excluding hydrogens is 228 g/mol. The first-order valence-corrected chi connectivity index (χ1v) is 6.76. The Morgan fingerprint density at radius 2 is 2.06 bits per heavy atom. The Morgan fingerprint density at radius 1 is 1.28 bits per heavy atom. The van der Waals surface area contributed by atoms with Gasteiger partial charge in [0.2, 0.25) is 0 Å². The minimum Gasteiger partial charge on any atom is -0.381 e. The van der Waals surface area contributed by atoms with Gasteiger partial charge in [0.1, 0.15) is 18.0 Å². The minimum atomic E-state index is 0.706. The zero-order valence-electron chi connectivity index (χ0n) is 11.0. The van der Waals surface area contributed by atoms with E-state index in [0.29, 0.717) is 5.92 Å². The van der Waals surface area contributed by atoms with Crippen LogP contribution in [-0.2, 0) is 4.74 Å². The Kier molecular flexibility index (Phi) is 5.20. The molecule has 1 aliphatic rings. The molecule has 0 bridgehead atoms. The molecule has 0 radical (unpaired) electrons. The van der Waals surface area contributed by atoms with Gasteiger partial charge in [0.15, 0.2) is 0 Å². The molecule has 0 amide bonds. The number of nitrogens with zero attached hydrogens (tertiary/aromatic N) is 2. The summed E-state index contributed by atoms with van der Waals surface area (Å²) >= 11 is 0. The standard InChI is InChI=1S/C13H22N4O/c1-2-5-14-12-8-13(17-10-16-12)15-6-3-11-4-7-18-9-11/h8,10-11H,2-7,9H2,1H3,(H2,14,15,16,17). The van der Waals surface area contributed by atoms with Gasteiger partial charge in [-0.15, -0.1) is 0 Å².